The number of amides is 1. The third-order valence-electron chi connectivity index (χ3n) is 6.00. The summed E-state index contributed by atoms with van der Waals surface area (Å²) in [6.45, 7) is -1.68. The van der Waals surface area contributed by atoms with E-state index in [1.165, 1.54) is 4.90 Å². The van der Waals surface area contributed by atoms with Crippen molar-refractivity contribution in [3.8, 4) is 16.9 Å². The highest BCUT2D eigenvalue weighted by Gasteiger charge is 2.19. The predicted molar refractivity (Wildman–Crippen MR) is 145 cm³/mol. The van der Waals surface area contributed by atoms with E-state index in [2.05, 4.69) is 4.98 Å². The second-order valence-corrected chi connectivity index (χ2v) is 8.80. The molecule has 7 nitrogen and oxygen atoms in total. The molecule has 0 fully saturated rings. The molecule has 4 rings (SSSR count). The van der Waals surface area contributed by atoms with Crippen molar-refractivity contribution in [1.29, 1.82) is 0 Å². The molecule has 0 unspecified atom stereocenters. The molecule has 0 aliphatic rings. The van der Waals surface area contributed by atoms with Crippen molar-refractivity contribution in [3.05, 3.63) is 108 Å². The summed E-state index contributed by atoms with van der Waals surface area (Å²) in [6, 6.07) is 21.4. The van der Waals surface area contributed by atoms with E-state index in [0.717, 1.165) is 17.5 Å². The van der Waals surface area contributed by atoms with Crippen molar-refractivity contribution in [2.45, 2.75) is 38.6 Å². The predicted octanol–water partition coefficient (Wildman–Crippen LogP) is 6.25. The normalized spacial score (nSPS) is 11.9. The van der Waals surface area contributed by atoms with Gasteiger partial charge in [-0.25, -0.2) is 0 Å². The second kappa shape index (κ2) is 13.8. The molecule has 2 aromatic heterocycles. The minimum atomic E-state index is -2.06. The zero-order chi connectivity index (χ0) is 28.4. The van der Waals surface area contributed by atoms with Crippen LogP contribution in [0.1, 0.15) is 50.0 Å². The lowest BCUT2D eigenvalue weighted by molar-refractivity contribution is -0.137. The van der Waals surface area contributed by atoms with Gasteiger partial charge in [0.2, 0.25) is 0 Å². The molecule has 0 bridgehead atoms. The Morgan fingerprint density at radius 2 is 1.76 bits per heavy atom. The van der Waals surface area contributed by atoms with Gasteiger partial charge in [-0.3, -0.25) is 14.6 Å². The van der Waals surface area contributed by atoms with E-state index in [1.807, 2.05) is 36.4 Å². The number of carbonyl (C=O) groups excluding carboxylic acids is 1. The number of aromatic nitrogens is 1. The van der Waals surface area contributed by atoms with Crippen molar-refractivity contribution < 1.29 is 26.6 Å². The molecular formula is C31H32N2O5. The number of pyridine rings is 1. The highest BCUT2D eigenvalue weighted by molar-refractivity contribution is 5.94. The molecule has 0 atom stereocenters. The molecule has 0 spiro atoms. The first kappa shape index (κ1) is 24.0. The molecule has 7 heteroatoms. The van der Waals surface area contributed by atoms with Crippen LogP contribution in [0.15, 0.2) is 95.9 Å². The Morgan fingerprint density at radius 3 is 2.50 bits per heavy atom. The Hall–Kier alpha value is -4.39. The number of aryl methyl sites for hydroxylation is 1. The number of benzene rings is 2. The average molecular weight is 515 g/mol. The van der Waals surface area contributed by atoms with Crippen LogP contribution >= 0.6 is 0 Å². The smallest absolute Gasteiger partial charge is 0.303 e. The van der Waals surface area contributed by atoms with Gasteiger partial charge in [0.25, 0.3) is 5.91 Å². The quantitative estimate of drug-likeness (QED) is 0.200. The van der Waals surface area contributed by atoms with Crippen molar-refractivity contribution in [3.63, 3.8) is 0 Å². The fourth-order valence-corrected chi connectivity index (χ4v) is 3.95. The van der Waals surface area contributed by atoms with Gasteiger partial charge < -0.3 is 19.2 Å². The van der Waals surface area contributed by atoms with Crippen LogP contribution in [0, 0.1) is 0 Å². The van der Waals surface area contributed by atoms with E-state index >= 15 is 0 Å². The van der Waals surface area contributed by atoms with Crippen LogP contribution in [0.2, 0.25) is 0 Å². The number of nitrogens with zero attached hydrogens (tertiary/aromatic N) is 2. The van der Waals surface area contributed by atoms with Crippen LogP contribution in [-0.2, 0) is 17.8 Å². The molecule has 0 saturated carbocycles. The van der Waals surface area contributed by atoms with Gasteiger partial charge in [-0.05, 0) is 61.2 Å². The maximum atomic E-state index is 13.8. The summed E-state index contributed by atoms with van der Waals surface area (Å²) >= 11 is 0. The van der Waals surface area contributed by atoms with Gasteiger partial charge >= 0.3 is 5.97 Å². The number of carboxylic acid groups (broad SMARTS) is 1. The Morgan fingerprint density at radius 1 is 0.947 bits per heavy atom. The van der Waals surface area contributed by atoms with E-state index in [0.29, 0.717) is 42.0 Å². The van der Waals surface area contributed by atoms with Crippen LogP contribution in [0.25, 0.3) is 11.1 Å². The summed E-state index contributed by atoms with van der Waals surface area (Å²) < 4.78 is 29.1. The summed E-state index contributed by atoms with van der Waals surface area (Å²) in [5.74, 6) is -0.710. The van der Waals surface area contributed by atoms with E-state index in [1.54, 1.807) is 55.1 Å². The standard InChI is InChI=1S/C31H32N2O5/c34-30(35)11-2-1-7-20-38-29-10-4-3-8-26(29)22-33(19-16-28-9-5-6-18-32-28)31(36)25-14-12-24(13-15-25)27-17-21-37-23-27/h3-6,8-10,12-15,17-18,21,23H,1-2,7,11,16,19-20,22H2,(H,34,35)/i19D2. The summed E-state index contributed by atoms with van der Waals surface area (Å²) in [5.41, 5.74) is 3.33. The van der Waals surface area contributed by atoms with Gasteiger partial charge in [0.05, 0.1) is 19.1 Å². The number of ether oxygens (including phenoxy) is 1. The van der Waals surface area contributed by atoms with Gasteiger partial charge in [0, 0.05) is 57.2 Å². The minimum absolute atomic E-state index is 0.0165. The Kier molecular flexibility index (Phi) is 8.70. The average Bonchev–Trinajstić information content (AvgIpc) is 3.49. The Bertz CT molecular complexity index is 1380. The van der Waals surface area contributed by atoms with Crippen molar-refractivity contribution in [1.82, 2.24) is 9.88 Å². The lowest BCUT2D eigenvalue weighted by Gasteiger charge is -2.24. The van der Waals surface area contributed by atoms with E-state index < -0.39 is 18.4 Å². The number of carboxylic acids is 1. The fourth-order valence-electron chi connectivity index (χ4n) is 3.95. The van der Waals surface area contributed by atoms with Gasteiger partial charge in [-0.2, -0.15) is 0 Å². The molecule has 0 radical (unpaired) electrons. The van der Waals surface area contributed by atoms with Gasteiger partial charge in [0.1, 0.15) is 5.75 Å². The first-order chi connectivity index (χ1) is 19.3. The number of para-hydroxylation sites is 1. The summed E-state index contributed by atoms with van der Waals surface area (Å²) in [5, 5.41) is 8.81. The van der Waals surface area contributed by atoms with E-state index in [9.17, 15) is 9.59 Å². The van der Waals surface area contributed by atoms with E-state index in [-0.39, 0.29) is 19.4 Å². The van der Waals surface area contributed by atoms with Gasteiger partial charge in [0.15, 0.2) is 0 Å². The van der Waals surface area contributed by atoms with Gasteiger partial charge in [-0.1, -0.05) is 36.4 Å². The number of carbonyl (C=O) groups is 2. The number of aliphatic carboxylic acids is 1. The van der Waals surface area contributed by atoms with Crippen molar-refractivity contribution in [2.24, 2.45) is 0 Å². The number of furan rings is 1. The van der Waals surface area contributed by atoms with Crippen molar-refractivity contribution >= 4 is 11.9 Å². The monoisotopic (exact) mass is 514 g/mol. The largest absolute Gasteiger partial charge is 0.493 e. The lowest BCUT2D eigenvalue weighted by atomic mass is 10.1. The van der Waals surface area contributed by atoms with Gasteiger partial charge in [-0.15, -0.1) is 0 Å². The first-order valence-electron chi connectivity index (χ1n) is 13.6. The maximum Gasteiger partial charge on any atom is 0.303 e. The van der Waals surface area contributed by atoms with E-state index in [4.69, 9.17) is 17.0 Å². The molecule has 2 aromatic carbocycles. The summed E-state index contributed by atoms with van der Waals surface area (Å²) in [4.78, 5) is 30.1. The zero-order valence-electron chi connectivity index (χ0n) is 23.1. The summed E-state index contributed by atoms with van der Waals surface area (Å²) in [7, 11) is 0. The topological polar surface area (TPSA) is 92.9 Å². The third-order valence-corrected chi connectivity index (χ3v) is 6.00. The third kappa shape index (κ3) is 7.80. The molecule has 0 aliphatic heterocycles. The summed E-state index contributed by atoms with van der Waals surface area (Å²) in [6.07, 6.45) is 6.84. The first-order valence-corrected chi connectivity index (χ1v) is 12.6. The molecule has 1 N–H and O–H groups in total. The van der Waals surface area contributed by atoms with Crippen LogP contribution in [0.5, 0.6) is 5.75 Å². The second-order valence-electron chi connectivity index (χ2n) is 8.80. The molecule has 4 aromatic rings. The maximum absolute atomic E-state index is 13.8. The minimum Gasteiger partial charge on any atom is -0.493 e. The Balaban J connectivity index is 1.55. The number of unbranched alkanes of at least 4 members (excludes halogenated alkanes) is 2. The lowest BCUT2D eigenvalue weighted by Crippen LogP contribution is -2.32. The fraction of sp³-hybridized carbons (Fsp3) is 0.258. The van der Waals surface area contributed by atoms with Crippen LogP contribution < -0.4 is 4.74 Å². The number of hydrogen-bond donors (Lipinski definition) is 1. The molecule has 38 heavy (non-hydrogen) atoms. The molecular weight excluding hydrogens is 480 g/mol. The molecule has 1 amide bonds. The zero-order valence-corrected chi connectivity index (χ0v) is 21.1. The highest BCUT2D eigenvalue weighted by atomic mass is 16.5. The highest BCUT2D eigenvalue weighted by Crippen LogP contribution is 2.24. The van der Waals surface area contributed by atoms with Crippen LogP contribution in [-0.4, -0.2) is 40.0 Å². The van der Waals surface area contributed by atoms with Crippen LogP contribution in [0.3, 0.4) is 0 Å². The molecule has 196 valence electrons. The molecule has 0 saturated heterocycles. The van der Waals surface area contributed by atoms with Crippen LogP contribution in [0.4, 0.5) is 0 Å². The number of rotatable bonds is 14. The Labute approximate surface area is 225 Å². The SMILES string of the molecule is [2H]C([2H])(Cc1ccccn1)N(Cc1ccccc1OCCCCCC(=O)O)C(=O)c1ccc(-c2ccoc2)cc1. The number of hydrogen-bond acceptors (Lipinski definition) is 5. The van der Waals surface area contributed by atoms with Crippen molar-refractivity contribution in [2.75, 3.05) is 13.1 Å². The molecule has 0 aliphatic carbocycles. The molecule has 2 heterocycles.